The maximum Gasteiger partial charge on any atom is 0.436 e. The number of benzene rings is 1. The number of para-hydroxylation sites is 1. The predicted octanol–water partition coefficient (Wildman–Crippen LogP) is 3.56. The van der Waals surface area contributed by atoms with Crippen LogP contribution in [0.3, 0.4) is 0 Å². The fraction of sp³-hybridized carbons (Fsp3) is 0.474. The van der Waals surface area contributed by atoms with E-state index in [4.69, 9.17) is 11.6 Å². The molecule has 1 aliphatic heterocycles. The number of alkyl halides is 3. The predicted molar refractivity (Wildman–Crippen MR) is 102 cm³/mol. The molecule has 152 valence electrons. The lowest BCUT2D eigenvalue weighted by atomic mass is 10.1. The summed E-state index contributed by atoms with van der Waals surface area (Å²) in [4.78, 5) is 15.9. The van der Waals surface area contributed by atoms with Crippen molar-refractivity contribution < 1.29 is 18.0 Å². The number of anilines is 1. The van der Waals surface area contributed by atoms with Crippen molar-refractivity contribution in [2.75, 3.05) is 31.1 Å². The number of hydrogen-bond donors (Lipinski definition) is 0. The Labute approximate surface area is 166 Å². The Morgan fingerprint density at radius 1 is 1.18 bits per heavy atom. The summed E-state index contributed by atoms with van der Waals surface area (Å²) in [6.07, 6.45) is -3.85. The molecular weight excluding hydrogens is 393 g/mol. The summed E-state index contributed by atoms with van der Waals surface area (Å²) in [6, 6.07) is 7.54. The van der Waals surface area contributed by atoms with Crippen LogP contribution < -0.4 is 4.90 Å². The van der Waals surface area contributed by atoms with E-state index in [9.17, 15) is 18.0 Å². The number of carbonyl (C=O) groups is 1. The summed E-state index contributed by atoms with van der Waals surface area (Å²) in [5.41, 5.74) is 1.44. The summed E-state index contributed by atoms with van der Waals surface area (Å²) < 4.78 is 40.2. The zero-order valence-corrected chi connectivity index (χ0v) is 16.5. The second-order valence-electron chi connectivity index (χ2n) is 6.94. The van der Waals surface area contributed by atoms with E-state index >= 15 is 0 Å². The van der Waals surface area contributed by atoms with Crippen molar-refractivity contribution in [3.63, 3.8) is 0 Å². The van der Waals surface area contributed by atoms with Crippen molar-refractivity contribution in [3.8, 4) is 0 Å². The van der Waals surface area contributed by atoms with Crippen LogP contribution in [-0.4, -0.2) is 53.2 Å². The van der Waals surface area contributed by atoms with Gasteiger partial charge >= 0.3 is 6.18 Å². The maximum atomic E-state index is 13.0. The van der Waals surface area contributed by atoms with Gasteiger partial charge in [-0.25, -0.2) is 0 Å². The molecule has 0 aliphatic carbocycles. The van der Waals surface area contributed by atoms with Crippen molar-refractivity contribution in [2.45, 2.75) is 32.6 Å². The summed E-state index contributed by atoms with van der Waals surface area (Å²) in [6.45, 7) is 6.32. The van der Waals surface area contributed by atoms with Crippen LogP contribution in [0.25, 0.3) is 0 Å². The summed E-state index contributed by atoms with van der Waals surface area (Å²) >= 11 is 5.80. The maximum absolute atomic E-state index is 13.0. The molecule has 0 N–H and O–H groups in total. The molecule has 1 aromatic heterocycles. The van der Waals surface area contributed by atoms with E-state index in [0.29, 0.717) is 13.1 Å². The first-order chi connectivity index (χ1) is 13.2. The number of nitrogens with zero attached hydrogens (tertiary/aromatic N) is 4. The number of aryl methyl sites for hydroxylation is 1. The number of hydrogen-bond acceptors (Lipinski definition) is 4. The number of aldehydes is 1. The zero-order valence-electron chi connectivity index (χ0n) is 15.7. The van der Waals surface area contributed by atoms with E-state index in [1.807, 2.05) is 17.0 Å². The van der Waals surface area contributed by atoms with E-state index in [-0.39, 0.29) is 12.2 Å². The van der Waals surface area contributed by atoms with E-state index in [1.54, 1.807) is 0 Å². The van der Waals surface area contributed by atoms with Gasteiger partial charge in [0.05, 0.1) is 23.3 Å². The molecule has 1 atom stereocenters. The highest BCUT2D eigenvalue weighted by molar-refractivity contribution is 6.31. The molecule has 1 aromatic carbocycles. The quantitative estimate of drug-likeness (QED) is 0.701. The summed E-state index contributed by atoms with van der Waals surface area (Å²) in [5.74, 6) is 0. The van der Waals surface area contributed by atoms with E-state index in [0.717, 1.165) is 25.1 Å². The number of aromatic nitrogens is 2. The summed E-state index contributed by atoms with van der Waals surface area (Å²) in [5, 5.41) is 3.19. The van der Waals surface area contributed by atoms with Crippen LogP contribution in [0.4, 0.5) is 18.9 Å². The molecule has 0 radical (unpaired) electrons. The van der Waals surface area contributed by atoms with Gasteiger partial charge < -0.3 is 9.69 Å². The van der Waals surface area contributed by atoms with E-state index < -0.39 is 22.9 Å². The Morgan fingerprint density at radius 3 is 2.36 bits per heavy atom. The van der Waals surface area contributed by atoms with Gasteiger partial charge in [-0.15, -0.1) is 0 Å². The molecule has 3 rings (SSSR count). The van der Waals surface area contributed by atoms with Gasteiger partial charge in [0.1, 0.15) is 6.29 Å². The van der Waals surface area contributed by atoms with Crippen LogP contribution in [0.2, 0.25) is 5.02 Å². The van der Waals surface area contributed by atoms with Gasteiger partial charge in [-0.3, -0.25) is 9.58 Å². The largest absolute Gasteiger partial charge is 0.436 e. The van der Waals surface area contributed by atoms with Crippen LogP contribution in [0.15, 0.2) is 24.3 Å². The van der Waals surface area contributed by atoms with E-state index in [1.165, 1.54) is 17.2 Å². The average molecular weight is 415 g/mol. The first-order valence-corrected chi connectivity index (χ1v) is 9.40. The molecule has 0 bridgehead atoms. The van der Waals surface area contributed by atoms with E-state index in [2.05, 4.69) is 29.1 Å². The van der Waals surface area contributed by atoms with Crippen molar-refractivity contribution >= 4 is 23.6 Å². The normalized spacial score (nSPS) is 17.0. The topological polar surface area (TPSA) is 41.4 Å². The van der Waals surface area contributed by atoms with Gasteiger partial charge in [0.15, 0.2) is 5.69 Å². The molecule has 0 spiro atoms. The highest BCUT2D eigenvalue weighted by atomic mass is 35.5. The molecule has 0 amide bonds. The fourth-order valence-corrected chi connectivity index (χ4v) is 3.76. The van der Waals surface area contributed by atoms with Crippen molar-refractivity contribution in [1.82, 2.24) is 14.7 Å². The Bertz CT molecular complexity index is 844. The lowest BCUT2D eigenvalue weighted by Gasteiger charge is -2.39. The first kappa shape index (κ1) is 20.7. The van der Waals surface area contributed by atoms with Crippen LogP contribution in [0.1, 0.15) is 17.0 Å². The second-order valence-corrected chi connectivity index (χ2v) is 7.32. The third-order valence-electron chi connectivity index (χ3n) is 5.16. The molecule has 9 heteroatoms. The fourth-order valence-electron chi connectivity index (χ4n) is 3.52. The standard InChI is InChI=1S/C19H22ClF3N4O/c1-13-5-3-4-6-16(13)26-9-7-25(8-10-26)15(12-28)11-27-14(2)17(20)18(24-27)19(21,22)23/h3-6,12,15H,7-11H2,1-2H3. The van der Waals surface area contributed by atoms with Gasteiger partial charge in [0.2, 0.25) is 0 Å². The molecule has 0 saturated carbocycles. The molecular formula is C19H22ClF3N4O. The number of piperazine rings is 1. The van der Waals surface area contributed by atoms with Gasteiger partial charge in [0.25, 0.3) is 0 Å². The monoisotopic (exact) mass is 414 g/mol. The summed E-state index contributed by atoms with van der Waals surface area (Å²) in [7, 11) is 0. The van der Waals surface area contributed by atoms with Crippen LogP contribution in [-0.2, 0) is 17.5 Å². The molecule has 1 fully saturated rings. The van der Waals surface area contributed by atoms with Crippen LogP contribution in [0, 0.1) is 13.8 Å². The first-order valence-electron chi connectivity index (χ1n) is 9.02. The minimum atomic E-state index is -4.62. The van der Waals surface area contributed by atoms with Gasteiger partial charge in [-0.05, 0) is 25.5 Å². The lowest BCUT2D eigenvalue weighted by Crippen LogP contribution is -2.52. The third-order valence-corrected chi connectivity index (χ3v) is 5.61. The Hall–Kier alpha value is -2.06. The third kappa shape index (κ3) is 4.17. The molecule has 5 nitrogen and oxygen atoms in total. The van der Waals surface area contributed by atoms with Crippen molar-refractivity contribution in [1.29, 1.82) is 0 Å². The Morgan fingerprint density at radius 2 is 1.82 bits per heavy atom. The minimum Gasteiger partial charge on any atom is -0.369 e. The number of rotatable bonds is 5. The van der Waals surface area contributed by atoms with Crippen LogP contribution in [0.5, 0.6) is 0 Å². The van der Waals surface area contributed by atoms with Crippen molar-refractivity contribution in [3.05, 3.63) is 46.2 Å². The Balaban J connectivity index is 1.69. The molecule has 2 aromatic rings. The SMILES string of the molecule is Cc1ccccc1N1CCN(C(C=O)Cn2nc(C(F)(F)F)c(Cl)c2C)CC1. The highest BCUT2D eigenvalue weighted by Crippen LogP contribution is 2.35. The minimum absolute atomic E-state index is 0.0372. The second kappa shape index (κ2) is 8.13. The molecule has 2 heterocycles. The van der Waals surface area contributed by atoms with Gasteiger partial charge in [-0.1, -0.05) is 29.8 Å². The molecule has 28 heavy (non-hydrogen) atoms. The van der Waals surface area contributed by atoms with Gasteiger partial charge in [0, 0.05) is 31.9 Å². The average Bonchev–Trinajstić information content (AvgIpc) is 2.95. The van der Waals surface area contributed by atoms with Crippen LogP contribution >= 0.6 is 11.6 Å². The number of halogens is 4. The smallest absolute Gasteiger partial charge is 0.369 e. The molecule has 1 unspecified atom stereocenters. The van der Waals surface area contributed by atoms with Gasteiger partial charge in [-0.2, -0.15) is 18.3 Å². The van der Waals surface area contributed by atoms with Crippen molar-refractivity contribution in [2.24, 2.45) is 0 Å². The molecule has 1 aliphatic rings. The highest BCUT2D eigenvalue weighted by Gasteiger charge is 2.38. The Kier molecular flexibility index (Phi) is 6.00. The zero-order chi connectivity index (χ0) is 20.5. The molecule has 1 saturated heterocycles. The lowest BCUT2D eigenvalue weighted by molar-refractivity contribution is -0.141. The number of carbonyl (C=O) groups excluding carboxylic acids is 1.